The normalized spacial score (nSPS) is 24.4. The van der Waals surface area contributed by atoms with E-state index in [0.717, 1.165) is 51.8 Å². The van der Waals surface area contributed by atoms with Crippen LogP contribution in [0.4, 0.5) is 4.79 Å². The number of rotatable bonds is 4. The van der Waals surface area contributed by atoms with Crippen molar-refractivity contribution in [3.63, 3.8) is 0 Å². The van der Waals surface area contributed by atoms with E-state index < -0.39 is 5.97 Å². The topological polar surface area (TPSA) is 78.9 Å². The highest BCUT2D eigenvalue weighted by molar-refractivity contribution is 5.74. The Balaban J connectivity index is 1.67. The van der Waals surface area contributed by atoms with Gasteiger partial charge in [-0.15, -0.1) is 0 Å². The van der Waals surface area contributed by atoms with Crippen LogP contribution in [-0.4, -0.2) is 54.4 Å². The quantitative estimate of drug-likeness (QED) is 0.819. The van der Waals surface area contributed by atoms with Crippen LogP contribution < -0.4 is 5.32 Å². The molecule has 0 aliphatic carbocycles. The summed E-state index contributed by atoms with van der Waals surface area (Å²) in [6.07, 6.45) is 4.75. The molecule has 0 aromatic heterocycles. The fourth-order valence-corrected chi connectivity index (χ4v) is 2.87. The van der Waals surface area contributed by atoms with Crippen LogP contribution in [0.1, 0.15) is 38.5 Å². The average molecular weight is 284 g/mol. The zero-order valence-corrected chi connectivity index (χ0v) is 11.8. The molecule has 2 N–H and O–H groups in total. The molecule has 0 aromatic carbocycles. The molecule has 20 heavy (non-hydrogen) atoms. The summed E-state index contributed by atoms with van der Waals surface area (Å²) in [6.45, 7) is 2.86. The summed E-state index contributed by atoms with van der Waals surface area (Å²) >= 11 is 0. The van der Waals surface area contributed by atoms with E-state index in [4.69, 9.17) is 9.84 Å². The lowest BCUT2D eigenvalue weighted by atomic mass is 9.92. The molecular weight excluding hydrogens is 260 g/mol. The molecule has 2 saturated heterocycles. The van der Waals surface area contributed by atoms with Gasteiger partial charge in [0.25, 0.3) is 0 Å². The van der Waals surface area contributed by atoms with Gasteiger partial charge in [0.05, 0.1) is 12.6 Å². The minimum atomic E-state index is -0.734. The van der Waals surface area contributed by atoms with Crippen LogP contribution in [0.25, 0.3) is 0 Å². The Hall–Kier alpha value is -1.30. The van der Waals surface area contributed by atoms with Gasteiger partial charge < -0.3 is 20.1 Å². The monoisotopic (exact) mass is 284 g/mol. The van der Waals surface area contributed by atoms with Gasteiger partial charge in [0.2, 0.25) is 0 Å². The SMILES string of the molecule is O=C(O)CCC1CCN(C(=O)NC2CCCOC2)CC1. The summed E-state index contributed by atoms with van der Waals surface area (Å²) in [6, 6.07) is 0.137. The Bertz CT molecular complexity index is 334. The van der Waals surface area contributed by atoms with Crippen LogP contribution >= 0.6 is 0 Å². The smallest absolute Gasteiger partial charge is 0.317 e. The first kappa shape index (κ1) is 15.1. The zero-order valence-electron chi connectivity index (χ0n) is 11.8. The second kappa shape index (κ2) is 7.47. The van der Waals surface area contributed by atoms with E-state index in [1.807, 2.05) is 4.90 Å². The molecule has 0 bridgehead atoms. The second-order valence-corrected chi connectivity index (χ2v) is 5.73. The van der Waals surface area contributed by atoms with Crippen LogP contribution in [-0.2, 0) is 9.53 Å². The number of aliphatic carboxylic acids is 1. The third-order valence-corrected chi connectivity index (χ3v) is 4.16. The molecule has 2 aliphatic heterocycles. The van der Waals surface area contributed by atoms with Crippen molar-refractivity contribution >= 4 is 12.0 Å². The molecule has 0 saturated carbocycles. The van der Waals surface area contributed by atoms with Crippen LogP contribution in [0.5, 0.6) is 0 Å². The number of likely N-dealkylation sites (tertiary alicyclic amines) is 1. The minimum absolute atomic E-state index is 0.00261. The molecule has 2 fully saturated rings. The van der Waals surface area contributed by atoms with Gasteiger partial charge in [-0.1, -0.05) is 0 Å². The van der Waals surface area contributed by atoms with Crippen molar-refractivity contribution in [2.45, 2.75) is 44.6 Å². The van der Waals surface area contributed by atoms with Gasteiger partial charge in [0.1, 0.15) is 0 Å². The first-order valence-electron chi connectivity index (χ1n) is 7.50. The number of carboxylic acid groups (broad SMARTS) is 1. The number of carboxylic acids is 1. The number of nitrogens with zero attached hydrogens (tertiary/aromatic N) is 1. The predicted molar refractivity (Wildman–Crippen MR) is 73.5 cm³/mol. The van der Waals surface area contributed by atoms with Gasteiger partial charge in [0.15, 0.2) is 0 Å². The van der Waals surface area contributed by atoms with Crippen LogP contribution in [0.3, 0.4) is 0 Å². The Morgan fingerprint density at radius 3 is 2.60 bits per heavy atom. The number of hydrogen-bond donors (Lipinski definition) is 2. The summed E-state index contributed by atoms with van der Waals surface area (Å²) in [7, 11) is 0. The third-order valence-electron chi connectivity index (χ3n) is 4.16. The zero-order chi connectivity index (χ0) is 14.4. The van der Waals surface area contributed by atoms with Gasteiger partial charge in [-0.25, -0.2) is 4.79 Å². The lowest BCUT2D eigenvalue weighted by Crippen LogP contribution is -2.50. The van der Waals surface area contributed by atoms with Crippen LogP contribution in [0.2, 0.25) is 0 Å². The molecule has 6 heteroatoms. The summed E-state index contributed by atoms with van der Waals surface area (Å²) in [5.41, 5.74) is 0. The van der Waals surface area contributed by atoms with E-state index in [0.29, 0.717) is 12.5 Å². The number of amides is 2. The highest BCUT2D eigenvalue weighted by Gasteiger charge is 2.25. The highest BCUT2D eigenvalue weighted by Crippen LogP contribution is 2.22. The van der Waals surface area contributed by atoms with E-state index in [-0.39, 0.29) is 18.5 Å². The van der Waals surface area contributed by atoms with Gasteiger partial charge in [-0.2, -0.15) is 0 Å². The number of carbonyl (C=O) groups excluding carboxylic acids is 1. The third kappa shape index (κ3) is 4.67. The number of ether oxygens (including phenoxy) is 1. The van der Waals surface area contributed by atoms with Crippen molar-refractivity contribution < 1.29 is 19.4 Å². The molecule has 2 rings (SSSR count). The molecule has 6 nitrogen and oxygen atoms in total. The molecule has 1 atom stereocenters. The molecule has 0 spiro atoms. The maximum absolute atomic E-state index is 12.1. The second-order valence-electron chi connectivity index (χ2n) is 5.73. The van der Waals surface area contributed by atoms with Crippen molar-refractivity contribution in [1.82, 2.24) is 10.2 Å². The predicted octanol–water partition coefficient (Wildman–Crippen LogP) is 1.45. The fourth-order valence-electron chi connectivity index (χ4n) is 2.87. The van der Waals surface area contributed by atoms with Gasteiger partial charge in [-0.3, -0.25) is 4.79 Å². The molecule has 114 valence electrons. The molecule has 0 aromatic rings. The van der Waals surface area contributed by atoms with Gasteiger partial charge in [0, 0.05) is 26.1 Å². The lowest BCUT2D eigenvalue weighted by Gasteiger charge is -2.33. The summed E-state index contributed by atoms with van der Waals surface area (Å²) < 4.78 is 5.35. The highest BCUT2D eigenvalue weighted by atomic mass is 16.5. The van der Waals surface area contributed by atoms with Crippen LogP contribution in [0.15, 0.2) is 0 Å². The molecule has 2 amide bonds. The average Bonchev–Trinajstić information content (AvgIpc) is 2.46. The number of carbonyl (C=O) groups is 2. The van der Waals surface area contributed by atoms with E-state index in [1.165, 1.54) is 0 Å². The van der Waals surface area contributed by atoms with Crippen molar-refractivity contribution in [2.75, 3.05) is 26.3 Å². The molecule has 1 unspecified atom stereocenters. The van der Waals surface area contributed by atoms with E-state index in [2.05, 4.69) is 5.32 Å². The molecule has 2 aliphatic rings. The lowest BCUT2D eigenvalue weighted by molar-refractivity contribution is -0.137. The Morgan fingerprint density at radius 1 is 1.25 bits per heavy atom. The standard InChI is InChI=1S/C14H24N2O4/c17-13(18)4-3-11-5-7-16(8-6-11)14(19)15-12-2-1-9-20-10-12/h11-12H,1-10H2,(H,15,19)(H,17,18). The van der Waals surface area contributed by atoms with Gasteiger partial charge >= 0.3 is 12.0 Å². The first-order chi connectivity index (χ1) is 9.65. The molecular formula is C14H24N2O4. The van der Waals surface area contributed by atoms with Crippen molar-refractivity contribution in [1.29, 1.82) is 0 Å². The first-order valence-corrected chi connectivity index (χ1v) is 7.50. The van der Waals surface area contributed by atoms with E-state index in [9.17, 15) is 9.59 Å². The van der Waals surface area contributed by atoms with Crippen molar-refractivity contribution in [3.8, 4) is 0 Å². The Morgan fingerprint density at radius 2 is 2.00 bits per heavy atom. The Labute approximate surface area is 119 Å². The van der Waals surface area contributed by atoms with Crippen molar-refractivity contribution in [2.24, 2.45) is 5.92 Å². The molecule has 0 radical (unpaired) electrons. The number of urea groups is 1. The number of hydrogen-bond acceptors (Lipinski definition) is 3. The van der Waals surface area contributed by atoms with E-state index in [1.54, 1.807) is 0 Å². The molecule has 2 heterocycles. The Kier molecular flexibility index (Phi) is 5.64. The maximum Gasteiger partial charge on any atom is 0.317 e. The number of piperidine rings is 1. The summed E-state index contributed by atoms with van der Waals surface area (Å²) in [5.74, 6) is -0.296. The van der Waals surface area contributed by atoms with Gasteiger partial charge in [-0.05, 0) is 38.0 Å². The van der Waals surface area contributed by atoms with Crippen LogP contribution in [0, 0.1) is 5.92 Å². The summed E-state index contributed by atoms with van der Waals surface area (Å²) in [4.78, 5) is 24.5. The maximum atomic E-state index is 12.1. The van der Waals surface area contributed by atoms with Crippen molar-refractivity contribution in [3.05, 3.63) is 0 Å². The summed E-state index contributed by atoms with van der Waals surface area (Å²) in [5, 5.41) is 11.7. The fraction of sp³-hybridized carbons (Fsp3) is 0.857. The van der Waals surface area contributed by atoms with E-state index >= 15 is 0 Å². The minimum Gasteiger partial charge on any atom is -0.481 e. The number of nitrogens with one attached hydrogen (secondary N) is 1. The largest absolute Gasteiger partial charge is 0.481 e.